The zero-order chi connectivity index (χ0) is 40.1. The summed E-state index contributed by atoms with van der Waals surface area (Å²) in [5, 5.41) is 2.74. The second-order valence-corrected chi connectivity index (χ2v) is 12.3. The molecule has 0 heterocycles. The van der Waals surface area contributed by atoms with E-state index in [1.807, 2.05) is 24.3 Å². The van der Waals surface area contributed by atoms with Gasteiger partial charge in [-0.05, 0) is 28.7 Å². The van der Waals surface area contributed by atoms with Crippen LogP contribution >= 0.6 is 0 Å². The van der Waals surface area contributed by atoms with Gasteiger partial charge in [0.1, 0.15) is 6.61 Å². The van der Waals surface area contributed by atoms with Crippen LogP contribution in [0.1, 0.15) is 23.5 Å². The van der Waals surface area contributed by atoms with E-state index in [0.717, 1.165) is 0 Å². The Morgan fingerprint density at radius 1 is 0.474 bits per heavy atom. The monoisotopic (exact) mass is 807 g/mol. The zero-order valence-electron chi connectivity index (χ0n) is 33.6. The Hall–Kier alpha value is -2.77. The second-order valence-electron chi connectivity index (χ2n) is 12.3. The van der Waals surface area contributed by atoms with Gasteiger partial charge in [-0.1, -0.05) is 55.5 Å². The van der Waals surface area contributed by atoms with E-state index in [9.17, 15) is 4.79 Å². The van der Waals surface area contributed by atoms with E-state index in [4.69, 9.17) is 61.6 Å². The minimum Gasteiger partial charge on any atom is -0.449 e. The lowest BCUT2D eigenvalue weighted by atomic mass is 9.98. The average Bonchev–Trinajstić information content (AvgIpc) is 3.55. The van der Waals surface area contributed by atoms with Gasteiger partial charge in [-0.25, -0.2) is 4.79 Å². The Morgan fingerprint density at radius 2 is 0.789 bits per heavy atom. The van der Waals surface area contributed by atoms with Crippen molar-refractivity contribution in [3.8, 4) is 11.1 Å². The number of benzene rings is 2. The highest BCUT2D eigenvalue weighted by molar-refractivity contribution is 5.79. The molecule has 0 bridgehead atoms. The van der Waals surface area contributed by atoms with Crippen molar-refractivity contribution < 1.29 is 66.4 Å². The molecule has 0 aromatic heterocycles. The van der Waals surface area contributed by atoms with Crippen LogP contribution in [0.15, 0.2) is 48.5 Å². The number of carbonyl (C=O) groups excluding carboxylic acids is 1. The Balaban J connectivity index is 0.931. The molecule has 2 aromatic rings. The highest BCUT2D eigenvalue weighted by Gasteiger charge is 2.28. The van der Waals surface area contributed by atoms with Crippen molar-refractivity contribution in [1.29, 1.82) is 0 Å². The number of fused-ring (bicyclic) bond motifs is 3. The first-order valence-corrected chi connectivity index (χ1v) is 20.0. The molecule has 15 nitrogen and oxygen atoms in total. The Kier molecular flexibility index (Phi) is 30.0. The van der Waals surface area contributed by atoms with Crippen molar-refractivity contribution in [2.75, 3.05) is 165 Å². The third-order valence-electron chi connectivity index (χ3n) is 8.16. The number of hydrogen-bond acceptors (Lipinski definition) is 14. The topological polar surface area (TPSA) is 149 Å². The Labute approximate surface area is 339 Å². The lowest BCUT2D eigenvalue weighted by molar-refractivity contribution is -0.0279. The Bertz CT molecular complexity index is 1200. The van der Waals surface area contributed by atoms with E-state index in [2.05, 4.69) is 36.5 Å². The van der Waals surface area contributed by atoms with Gasteiger partial charge in [0, 0.05) is 12.5 Å². The molecule has 2 radical (unpaired) electrons. The first-order chi connectivity index (χ1) is 28.3. The highest BCUT2D eigenvalue weighted by atomic mass is 16.6. The fraction of sp³-hybridized carbons (Fsp3) is 0.643. The van der Waals surface area contributed by atoms with Crippen LogP contribution in [0.5, 0.6) is 0 Å². The average molecular weight is 808 g/mol. The maximum Gasteiger partial charge on any atom is 0.407 e. The second kappa shape index (κ2) is 35.2. The summed E-state index contributed by atoms with van der Waals surface area (Å²) in [6, 6.07) is 16.5. The smallest absolute Gasteiger partial charge is 0.407 e. The molecule has 0 saturated carbocycles. The molecular formula is C42H65NO14. The van der Waals surface area contributed by atoms with Crippen LogP contribution in [0.25, 0.3) is 11.1 Å². The normalized spacial score (nSPS) is 12.2. The molecule has 1 amide bonds. The van der Waals surface area contributed by atoms with Gasteiger partial charge in [-0.3, -0.25) is 0 Å². The number of ether oxygens (including phenoxy) is 13. The van der Waals surface area contributed by atoms with E-state index in [-0.39, 0.29) is 12.5 Å². The third kappa shape index (κ3) is 24.0. The SMILES string of the molecule is [CH2]C[CH]OCCOCCOCCOCCOCCOCCOCCOCCOCCOCCOCCOCCNC(=O)OCC1c2ccccc2-c2ccccc21. The molecular weight excluding hydrogens is 742 g/mol. The highest BCUT2D eigenvalue weighted by Crippen LogP contribution is 2.44. The molecule has 1 N–H and O–H groups in total. The van der Waals surface area contributed by atoms with Crippen LogP contribution in [-0.4, -0.2) is 171 Å². The summed E-state index contributed by atoms with van der Waals surface area (Å²) in [4.78, 5) is 12.3. The summed E-state index contributed by atoms with van der Waals surface area (Å²) in [5.74, 6) is 0.0352. The van der Waals surface area contributed by atoms with Gasteiger partial charge in [0.2, 0.25) is 0 Å². The molecule has 2 aromatic carbocycles. The van der Waals surface area contributed by atoms with Crippen molar-refractivity contribution in [3.05, 3.63) is 73.2 Å². The van der Waals surface area contributed by atoms with Gasteiger partial charge in [0.05, 0.1) is 159 Å². The van der Waals surface area contributed by atoms with Gasteiger partial charge < -0.3 is 66.9 Å². The maximum absolute atomic E-state index is 12.3. The van der Waals surface area contributed by atoms with Gasteiger partial charge in [-0.2, -0.15) is 0 Å². The summed E-state index contributed by atoms with van der Waals surface area (Å²) in [6.07, 6.45) is 0.191. The number of nitrogens with one attached hydrogen (secondary N) is 1. The van der Waals surface area contributed by atoms with Gasteiger partial charge in [-0.15, -0.1) is 0 Å². The number of carbonyl (C=O) groups is 1. The fourth-order valence-electron chi connectivity index (χ4n) is 5.45. The molecule has 0 saturated heterocycles. The standard InChI is InChI=1S/C42H65NO14/c1-2-12-45-14-16-47-18-20-49-22-24-51-26-28-53-30-32-55-34-35-56-33-31-54-29-27-52-25-23-50-21-19-48-17-15-46-13-11-43-42(44)57-36-41-39-9-5-3-7-37(39)38-8-4-6-10-40(38)41/h3-10,12,41H,1-2,11,13-36H2,(H,43,44). The molecule has 0 unspecified atom stereocenters. The molecule has 322 valence electrons. The van der Waals surface area contributed by atoms with E-state index in [1.54, 1.807) is 6.61 Å². The number of hydrogen-bond donors (Lipinski definition) is 1. The Morgan fingerprint density at radius 3 is 1.14 bits per heavy atom. The predicted octanol–water partition coefficient (Wildman–Crippen LogP) is 4.11. The van der Waals surface area contributed by atoms with Crippen LogP contribution in [-0.2, 0) is 61.6 Å². The molecule has 15 heteroatoms. The van der Waals surface area contributed by atoms with Gasteiger partial charge in [0.15, 0.2) is 0 Å². The number of alkyl carbamates (subject to hydrolysis) is 1. The summed E-state index contributed by atoms with van der Waals surface area (Å²) in [7, 11) is 0. The van der Waals surface area contributed by atoms with Crippen LogP contribution in [0.3, 0.4) is 0 Å². The predicted molar refractivity (Wildman–Crippen MR) is 212 cm³/mol. The summed E-state index contributed by atoms with van der Waals surface area (Å²) < 4.78 is 71.0. The van der Waals surface area contributed by atoms with Crippen LogP contribution < -0.4 is 5.32 Å². The first-order valence-electron chi connectivity index (χ1n) is 20.0. The molecule has 1 aliphatic carbocycles. The summed E-state index contributed by atoms with van der Waals surface area (Å²) in [6.45, 7) is 17.2. The van der Waals surface area contributed by atoms with E-state index >= 15 is 0 Å². The van der Waals surface area contributed by atoms with Crippen molar-refractivity contribution in [3.63, 3.8) is 0 Å². The van der Waals surface area contributed by atoms with E-state index in [1.165, 1.54) is 22.3 Å². The summed E-state index contributed by atoms with van der Waals surface area (Å²) >= 11 is 0. The van der Waals surface area contributed by atoms with Crippen molar-refractivity contribution in [2.45, 2.75) is 12.3 Å². The van der Waals surface area contributed by atoms with Crippen LogP contribution in [0.2, 0.25) is 0 Å². The third-order valence-corrected chi connectivity index (χ3v) is 8.16. The van der Waals surface area contributed by atoms with E-state index in [0.29, 0.717) is 165 Å². The van der Waals surface area contributed by atoms with Gasteiger partial charge in [0.25, 0.3) is 0 Å². The molecule has 0 fully saturated rings. The summed E-state index contributed by atoms with van der Waals surface area (Å²) in [5.41, 5.74) is 4.77. The van der Waals surface area contributed by atoms with Crippen molar-refractivity contribution in [2.24, 2.45) is 0 Å². The molecule has 3 rings (SSSR count). The molecule has 0 aliphatic heterocycles. The minimum absolute atomic E-state index is 0.0352. The molecule has 0 atom stereocenters. The lowest BCUT2D eigenvalue weighted by Crippen LogP contribution is -2.29. The van der Waals surface area contributed by atoms with E-state index < -0.39 is 6.09 Å². The van der Waals surface area contributed by atoms with Crippen LogP contribution in [0, 0.1) is 13.5 Å². The number of rotatable bonds is 40. The van der Waals surface area contributed by atoms with Crippen LogP contribution in [0.4, 0.5) is 4.79 Å². The molecule has 57 heavy (non-hydrogen) atoms. The lowest BCUT2D eigenvalue weighted by Gasteiger charge is -2.14. The minimum atomic E-state index is -0.454. The quantitative estimate of drug-likeness (QED) is 0.0964. The number of amides is 1. The largest absolute Gasteiger partial charge is 0.449 e. The molecule has 0 spiro atoms. The van der Waals surface area contributed by atoms with Crippen molar-refractivity contribution in [1.82, 2.24) is 5.32 Å². The fourth-order valence-corrected chi connectivity index (χ4v) is 5.45. The zero-order valence-corrected chi connectivity index (χ0v) is 33.6. The molecule has 1 aliphatic rings. The first kappa shape index (κ1) is 48.6. The van der Waals surface area contributed by atoms with Gasteiger partial charge >= 0.3 is 6.09 Å². The van der Waals surface area contributed by atoms with Crippen molar-refractivity contribution >= 4 is 6.09 Å². The maximum atomic E-state index is 12.3.